The van der Waals surface area contributed by atoms with E-state index in [1.54, 1.807) is 0 Å². The number of hydrogen-bond donors (Lipinski definition) is 0. The average molecular weight is 248 g/mol. The molecule has 0 amide bonds. The van der Waals surface area contributed by atoms with E-state index in [2.05, 4.69) is 57.8 Å². The Bertz CT molecular complexity index is 454. The molecule has 0 fully saturated rings. The van der Waals surface area contributed by atoms with Crippen LogP contribution in [0.5, 0.6) is 0 Å². The lowest BCUT2D eigenvalue weighted by molar-refractivity contribution is 0.992. The number of rotatable bonds is 4. The van der Waals surface area contributed by atoms with Gasteiger partial charge in [-0.2, -0.15) is 0 Å². The highest BCUT2D eigenvalue weighted by Gasteiger charge is 2.26. The van der Waals surface area contributed by atoms with Crippen molar-refractivity contribution in [2.24, 2.45) is 0 Å². The largest absolute Gasteiger partial charge is 0.346 e. The molecule has 0 unspecified atom stereocenters. The van der Waals surface area contributed by atoms with Crippen molar-refractivity contribution < 1.29 is 0 Å². The van der Waals surface area contributed by atoms with Gasteiger partial charge in [0.1, 0.15) is 0 Å². The summed E-state index contributed by atoms with van der Waals surface area (Å²) >= 11 is 0. The SMILES string of the molecule is CCc1cn([Si](C)(C)n2cnc(CC)c2)cn1. The van der Waals surface area contributed by atoms with Gasteiger partial charge >= 0.3 is 0 Å². The molecule has 2 rings (SSSR count). The van der Waals surface area contributed by atoms with Crippen molar-refractivity contribution >= 4 is 8.40 Å². The second kappa shape index (κ2) is 4.48. The summed E-state index contributed by atoms with van der Waals surface area (Å²) < 4.78 is 4.54. The Labute approximate surface area is 103 Å². The third kappa shape index (κ3) is 2.19. The van der Waals surface area contributed by atoms with E-state index in [-0.39, 0.29) is 0 Å². The first-order chi connectivity index (χ1) is 8.07. The van der Waals surface area contributed by atoms with Gasteiger partial charge in [0.15, 0.2) is 0 Å². The predicted molar refractivity (Wildman–Crippen MR) is 71.5 cm³/mol. The maximum absolute atomic E-state index is 4.42. The summed E-state index contributed by atoms with van der Waals surface area (Å²) in [4.78, 5) is 8.83. The predicted octanol–water partition coefficient (Wildman–Crippen LogP) is 2.30. The highest BCUT2D eigenvalue weighted by molar-refractivity contribution is 6.74. The first kappa shape index (κ1) is 12.1. The lowest BCUT2D eigenvalue weighted by Gasteiger charge is -2.24. The third-order valence-corrected chi connectivity index (χ3v) is 6.28. The van der Waals surface area contributed by atoms with Crippen molar-refractivity contribution in [1.29, 1.82) is 0 Å². The zero-order valence-electron chi connectivity index (χ0n) is 11.0. The number of hydrogen-bond acceptors (Lipinski definition) is 2. The van der Waals surface area contributed by atoms with E-state index >= 15 is 0 Å². The van der Waals surface area contributed by atoms with Crippen molar-refractivity contribution in [2.45, 2.75) is 39.8 Å². The fourth-order valence-electron chi connectivity index (χ4n) is 1.82. The van der Waals surface area contributed by atoms with E-state index in [9.17, 15) is 0 Å². The van der Waals surface area contributed by atoms with Gasteiger partial charge in [0.25, 0.3) is 8.40 Å². The first-order valence-corrected chi connectivity index (χ1v) is 9.04. The van der Waals surface area contributed by atoms with Crippen LogP contribution in [0.3, 0.4) is 0 Å². The number of aromatic nitrogens is 4. The Morgan fingerprint density at radius 2 is 1.35 bits per heavy atom. The van der Waals surface area contributed by atoms with Crippen molar-refractivity contribution in [1.82, 2.24) is 18.4 Å². The van der Waals surface area contributed by atoms with Crippen LogP contribution >= 0.6 is 0 Å². The monoisotopic (exact) mass is 248 g/mol. The van der Waals surface area contributed by atoms with Gasteiger partial charge in [0.05, 0.1) is 24.0 Å². The topological polar surface area (TPSA) is 35.6 Å². The fourth-order valence-corrected chi connectivity index (χ4v) is 3.70. The Morgan fingerprint density at radius 3 is 1.65 bits per heavy atom. The first-order valence-electron chi connectivity index (χ1n) is 6.14. The summed E-state index contributed by atoms with van der Waals surface area (Å²) in [5.74, 6) is 0. The highest BCUT2D eigenvalue weighted by Crippen LogP contribution is 2.12. The van der Waals surface area contributed by atoms with E-state index in [0.717, 1.165) is 24.2 Å². The van der Waals surface area contributed by atoms with Crippen LogP contribution in [0.2, 0.25) is 13.1 Å². The Kier molecular flexibility index (Phi) is 3.19. The minimum absolute atomic E-state index is 0.988. The number of imidazole rings is 2. The molecule has 2 heterocycles. The van der Waals surface area contributed by atoms with E-state index in [4.69, 9.17) is 0 Å². The summed E-state index contributed by atoms with van der Waals surface area (Å²) in [5.41, 5.74) is 2.31. The second-order valence-corrected chi connectivity index (χ2v) is 8.77. The van der Waals surface area contributed by atoms with Gasteiger partial charge in [-0.05, 0) is 25.9 Å². The van der Waals surface area contributed by atoms with Crippen molar-refractivity contribution in [2.75, 3.05) is 0 Å². The van der Waals surface area contributed by atoms with Crippen molar-refractivity contribution in [3.8, 4) is 0 Å². The molecule has 0 aliphatic carbocycles. The van der Waals surface area contributed by atoms with E-state index in [0.29, 0.717) is 0 Å². The lowest BCUT2D eigenvalue weighted by atomic mass is 10.4. The molecule has 0 saturated carbocycles. The van der Waals surface area contributed by atoms with E-state index < -0.39 is 8.40 Å². The molecule has 0 spiro atoms. The summed E-state index contributed by atoms with van der Waals surface area (Å²) in [7, 11) is -1.74. The highest BCUT2D eigenvalue weighted by atomic mass is 28.3. The van der Waals surface area contributed by atoms with Gasteiger partial charge < -0.3 is 8.47 Å². The molecule has 0 saturated heterocycles. The molecule has 17 heavy (non-hydrogen) atoms. The average Bonchev–Trinajstić information content (AvgIpc) is 2.98. The second-order valence-electron chi connectivity index (χ2n) is 4.75. The van der Waals surface area contributed by atoms with Gasteiger partial charge in [0, 0.05) is 12.4 Å². The van der Waals surface area contributed by atoms with Crippen LogP contribution in [0.4, 0.5) is 0 Å². The maximum atomic E-state index is 4.42. The molecular weight excluding hydrogens is 228 g/mol. The maximum Gasteiger partial charge on any atom is 0.267 e. The normalized spacial score (nSPS) is 12.0. The summed E-state index contributed by atoms with van der Waals surface area (Å²) in [6, 6.07) is 0. The molecule has 0 bridgehead atoms. The summed E-state index contributed by atoms with van der Waals surface area (Å²) in [6.45, 7) is 8.87. The molecule has 5 heteroatoms. The Hall–Kier alpha value is -1.36. The molecule has 2 aromatic heterocycles. The van der Waals surface area contributed by atoms with E-state index in [1.807, 2.05) is 12.7 Å². The smallest absolute Gasteiger partial charge is 0.267 e. The number of aryl methyl sites for hydroxylation is 2. The van der Waals surface area contributed by atoms with Gasteiger partial charge in [-0.3, -0.25) is 0 Å². The van der Waals surface area contributed by atoms with Crippen LogP contribution < -0.4 is 0 Å². The van der Waals surface area contributed by atoms with Crippen LogP contribution in [0.1, 0.15) is 25.2 Å². The summed E-state index contributed by atoms with van der Waals surface area (Å²) in [5, 5.41) is 0. The molecule has 0 N–H and O–H groups in total. The molecule has 2 aromatic rings. The van der Waals surface area contributed by atoms with E-state index in [1.165, 1.54) is 0 Å². The Balaban J connectivity index is 2.34. The number of nitrogens with zero attached hydrogens (tertiary/aromatic N) is 4. The molecule has 92 valence electrons. The van der Waals surface area contributed by atoms with Gasteiger partial charge in [-0.15, -0.1) is 0 Å². The molecule has 0 aliphatic rings. The van der Waals surface area contributed by atoms with Crippen LogP contribution in [-0.2, 0) is 12.8 Å². The van der Waals surface area contributed by atoms with Crippen molar-refractivity contribution in [3.63, 3.8) is 0 Å². The van der Waals surface area contributed by atoms with Gasteiger partial charge in [-0.25, -0.2) is 9.97 Å². The minimum atomic E-state index is -1.74. The molecule has 0 radical (unpaired) electrons. The lowest BCUT2D eigenvalue weighted by Crippen LogP contribution is -2.43. The van der Waals surface area contributed by atoms with Crippen LogP contribution in [0, 0.1) is 0 Å². The van der Waals surface area contributed by atoms with Crippen LogP contribution in [-0.4, -0.2) is 26.8 Å². The van der Waals surface area contributed by atoms with Gasteiger partial charge in [0.2, 0.25) is 0 Å². The molecule has 0 aromatic carbocycles. The molecule has 0 atom stereocenters. The van der Waals surface area contributed by atoms with Crippen LogP contribution in [0.15, 0.2) is 25.0 Å². The Morgan fingerprint density at radius 1 is 0.941 bits per heavy atom. The molecule has 4 nitrogen and oxygen atoms in total. The zero-order valence-corrected chi connectivity index (χ0v) is 12.0. The molecular formula is C12H20N4Si. The summed E-state index contributed by atoms with van der Waals surface area (Å²) in [6.07, 6.45) is 10.2. The quantitative estimate of drug-likeness (QED) is 0.778. The van der Waals surface area contributed by atoms with Gasteiger partial charge in [-0.1, -0.05) is 13.8 Å². The molecule has 0 aliphatic heterocycles. The minimum Gasteiger partial charge on any atom is -0.346 e. The standard InChI is InChI=1S/C12H20N4Si/c1-5-11-7-15(9-13-11)17(3,4)16-8-12(6-2)14-10-16/h7-10H,5-6H2,1-4H3. The van der Waals surface area contributed by atoms with Crippen LogP contribution in [0.25, 0.3) is 0 Å². The zero-order chi connectivity index (χ0) is 12.5. The fraction of sp³-hybridized carbons (Fsp3) is 0.500. The third-order valence-electron chi connectivity index (χ3n) is 3.26. The van der Waals surface area contributed by atoms with Crippen molar-refractivity contribution in [3.05, 3.63) is 36.4 Å².